The van der Waals surface area contributed by atoms with Gasteiger partial charge < -0.3 is 4.90 Å². The number of nitrogens with zero attached hydrogens (tertiary/aromatic N) is 4. The quantitative estimate of drug-likeness (QED) is 0.725. The van der Waals surface area contributed by atoms with Crippen LogP contribution < -0.4 is 0 Å². The summed E-state index contributed by atoms with van der Waals surface area (Å²) in [6.45, 7) is 2.25. The van der Waals surface area contributed by atoms with Crippen LogP contribution >= 0.6 is 0 Å². The van der Waals surface area contributed by atoms with Gasteiger partial charge in [-0.1, -0.05) is 24.3 Å². The highest BCUT2D eigenvalue weighted by Crippen LogP contribution is 2.30. The summed E-state index contributed by atoms with van der Waals surface area (Å²) in [4.78, 5) is 14.4. The van der Waals surface area contributed by atoms with Crippen LogP contribution in [0.5, 0.6) is 0 Å². The Labute approximate surface area is 148 Å². The third kappa shape index (κ3) is 2.75. The van der Waals surface area contributed by atoms with Crippen LogP contribution in [-0.2, 0) is 17.9 Å². The van der Waals surface area contributed by atoms with Crippen molar-refractivity contribution in [1.82, 2.24) is 19.7 Å². The van der Waals surface area contributed by atoms with Crippen LogP contribution in [0.3, 0.4) is 0 Å². The number of fused-ring (bicyclic) bond motifs is 1. The van der Waals surface area contributed by atoms with Gasteiger partial charge in [-0.25, -0.2) is 8.78 Å². The molecule has 0 spiro atoms. The van der Waals surface area contributed by atoms with E-state index < -0.39 is 11.9 Å². The Morgan fingerprint density at radius 2 is 1.92 bits per heavy atom. The Balaban J connectivity index is 1.68. The normalized spacial score (nSPS) is 16.7. The minimum absolute atomic E-state index is 0.140. The highest BCUT2D eigenvalue weighted by molar-refractivity contribution is 5.82. The summed E-state index contributed by atoms with van der Waals surface area (Å²) in [5.41, 5.74) is 1.01. The molecule has 1 aromatic heterocycles. The molecule has 4 rings (SSSR count). The molecular formula is C19H16F2N4O. The van der Waals surface area contributed by atoms with Gasteiger partial charge in [-0.15, -0.1) is 10.2 Å². The molecule has 0 aliphatic carbocycles. The van der Waals surface area contributed by atoms with E-state index in [2.05, 4.69) is 10.2 Å². The largest absolute Gasteiger partial charge is 0.329 e. The van der Waals surface area contributed by atoms with E-state index in [-0.39, 0.29) is 24.8 Å². The van der Waals surface area contributed by atoms with Crippen LogP contribution in [0.4, 0.5) is 8.78 Å². The van der Waals surface area contributed by atoms with Gasteiger partial charge in [-0.3, -0.25) is 9.36 Å². The molecule has 0 unspecified atom stereocenters. The predicted octanol–water partition coefficient (Wildman–Crippen LogP) is 3.33. The standard InChI is InChI=1S/C19H16F2N4O/c1-12-19(26)24(10-13-5-4-6-14(20)9-13)11-17-22-23-18(25(12)17)15-7-2-3-8-16(15)21/h2-9,12H,10-11H2,1H3/t12-/m0/s1. The summed E-state index contributed by atoms with van der Waals surface area (Å²) in [5, 5.41) is 8.25. The van der Waals surface area contributed by atoms with Gasteiger partial charge in [-0.2, -0.15) is 0 Å². The zero-order valence-corrected chi connectivity index (χ0v) is 14.1. The molecule has 5 nitrogen and oxygen atoms in total. The van der Waals surface area contributed by atoms with Crippen molar-refractivity contribution in [3.8, 4) is 11.4 Å². The van der Waals surface area contributed by atoms with Crippen LogP contribution in [0.25, 0.3) is 11.4 Å². The smallest absolute Gasteiger partial charge is 0.246 e. The molecule has 1 atom stereocenters. The fourth-order valence-electron chi connectivity index (χ4n) is 3.28. The number of hydrogen-bond donors (Lipinski definition) is 0. The molecule has 26 heavy (non-hydrogen) atoms. The van der Waals surface area contributed by atoms with E-state index in [1.165, 1.54) is 18.2 Å². The lowest BCUT2D eigenvalue weighted by Gasteiger charge is -2.32. The Bertz CT molecular complexity index is 985. The number of hydrogen-bond acceptors (Lipinski definition) is 3. The maximum absolute atomic E-state index is 14.1. The van der Waals surface area contributed by atoms with Crippen LogP contribution in [0.2, 0.25) is 0 Å². The van der Waals surface area contributed by atoms with Crippen LogP contribution in [0.1, 0.15) is 24.4 Å². The summed E-state index contributed by atoms with van der Waals surface area (Å²) in [5.74, 6) is 0.0183. The number of rotatable bonds is 3. The molecule has 2 aromatic carbocycles. The minimum atomic E-state index is -0.572. The average molecular weight is 354 g/mol. The molecule has 1 aliphatic rings. The van der Waals surface area contributed by atoms with Gasteiger partial charge in [0.05, 0.1) is 12.1 Å². The van der Waals surface area contributed by atoms with E-state index in [9.17, 15) is 13.6 Å². The predicted molar refractivity (Wildman–Crippen MR) is 90.8 cm³/mol. The zero-order chi connectivity index (χ0) is 18.3. The van der Waals surface area contributed by atoms with Crippen molar-refractivity contribution in [3.63, 3.8) is 0 Å². The van der Waals surface area contributed by atoms with Crippen LogP contribution in [-0.4, -0.2) is 25.6 Å². The lowest BCUT2D eigenvalue weighted by Crippen LogP contribution is -2.41. The maximum Gasteiger partial charge on any atom is 0.246 e. The molecule has 0 fully saturated rings. The first-order valence-electron chi connectivity index (χ1n) is 8.26. The van der Waals surface area contributed by atoms with Crippen molar-refractivity contribution in [2.24, 2.45) is 0 Å². The topological polar surface area (TPSA) is 51.0 Å². The van der Waals surface area contributed by atoms with Crippen molar-refractivity contribution >= 4 is 5.91 Å². The second kappa shape index (κ2) is 6.33. The molecule has 0 radical (unpaired) electrons. The second-order valence-corrected chi connectivity index (χ2v) is 6.29. The van der Waals surface area contributed by atoms with Gasteiger partial charge in [-0.05, 0) is 36.8 Å². The number of halogens is 2. The number of carbonyl (C=O) groups is 1. The van der Waals surface area contributed by atoms with Gasteiger partial charge in [0.25, 0.3) is 0 Å². The minimum Gasteiger partial charge on any atom is -0.329 e. The average Bonchev–Trinajstić information content (AvgIpc) is 3.03. The fourth-order valence-corrected chi connectivity index (χ4v) is 3.28. The molecule has 0 N–H and O–H groups in total. The molecule has 0 bridgehead atoms. The first-order valence-corrected chi connectivity index (χ1v) is 8.26. The van der Waals surface area contributed by atoms with Gasteiger partial charge in [0.15, 0.2) is 11.6 Å². The van der Waals surface area contributed by atoms with E-state index in [0.717, 1.165) is 0 Å². The second-order valence-electron chi connectivity index (χ2n) is 6.29. The first-order chi connectivity index (χ1) is 12.5. The Hall–Kier alpha value is -3.09. The first kappa shape index (κ1) is 16.4. The summed E-state index contributed by atoms with van der Waals surface area (Å²) in [6.07, 6.45) is 0. The molecule has 132 valence electrons. The Kier molecular flexibility index (Phi) is 3.99. The van der Waals surface area contributed by atoms with E-state index in [4.69, 9.17) is 0 Å². The fraction of sp³-hybridized carbons (Fsp3) is 0.211. The maximum atomic E-state index is 14.1. The Morgan fingerprint density at radius 3 is 2.69 bits per heavy atom. The number of aromatic nitrogens is 3. The lowest BCUT2D eigenvalue weighted by atomic mass is 10.1. The molecule has 2 heterocycles. The molecule has 7 heteroatoms. The molecule has 1 aliphatic heterocycles. The molecule has 0 saturated carbocycles. The number of amides is 1. The van der Waals surface area contributed by atoms with E-state index in [1.54, 1.807) is 46.7 Å². The SMILES string of the molecule is C[C@H]1C(=O)N(Cc2cccc(F)c2)Cc2nnc(-c3ccccc3F)n21. The Morgan fingerprint density at radius 1 is 1.12 bits per heavy atom. The zero-order valence-electron chi connectivity index (χ0n) is 14.1. The van der Waals surface area contributed by atoms with Gasteiger partial charge in [0.2, 0.25) is 5.91 Å². The van der Waals surface area contributed by atoms with Crippen LogP contribution in [0, 0.1) is 11.6 Å². The molecule has 1 amide bonds. The van der Waals surface area contributed by atoms with Crippen molar-refractivity contribution in [3.05, 3.63) is 71.6 Å². The summed E-state index contributed by atoms with van der Waals surface area (Å²) in [6, 6.07) is 11.9. The van der Waals surface area contributed by atoms with Gasteiger partial charge >= 0.3 is 0 Å². The molecule has 3 aromatic rings. The highest BCUT2D eigenvalue weighted by Gasteiger charge is 2.34. The van der Waals surface area contributed by atoms with E-state index >= 15 is 0 Å². The summed E-state index contributed by atoms with van der Waals surface area (Å²) >= 11 is 0. The highest BCUT2D eigenvalue weighted by atomic mass is 19.1. The van der Waals surface area contributed by atoms with Crippen molar-refractivity contribution in [2.45, 2.75) is 26.1 Å². The van der Waals surface area contributed by atoms with E-state index in [1.807, 2.05) is 0 Å². The van der Waals surface area contributed by atoms with Crippen molar-refractivity contribution in [1.29, 1.82) is 0 Å². The third-order valence-electron chi connectivity index (χ3n) is 4.53. The summed E-state index contributed by atoms with van der Waals surface area (Å²) in [7, 11) is 0. The summed E-state index contributed by atoms with van der Waals surface area (Å²) < 4.78 is 29.2. The molecule has 0 saturated heterocycles. The van der Waals surface area contributed by atoms with Gasteiger partial charge in [0.1, 0.15) is 17.7 Å². The third-order valence-corrected chi connectivity index (χ3v) is 4.53. The lowest BCUT2D eigenvalue weighted by molar-refractivity contribution is -0.137. The van der Waals surface area contributed by atoms with Gasteiger partial charge in [0, 0.05) is 6.54 Å². The van der Waals surface area contributed by atoms with E-state index in [0.29, 0.717) is 22.8 Å². The van der Waals surface area contributed by atoms with Crippen LogP contribution in [0.15, 0.2) is 48.5 Å². The van der Waals surface area contributed by atoms with Crippen molar-refractivity contribution < 1.29 is 13.6 Å². The molecular weight excluding hydrogens is 338 g/mol. The monoisotopic (exact) mass is 354 g/mol. The van der Waals surface area contributed by atoms with Crippen molar-refractivity contribution in [2.75, 3.05) is 0 Å². The number of benzene rings is 2. The number of carbonyl (C=O) groups excluding carboxylic acids is 1.